The van der Waals surface area contributed by atoms with Gasteiger partial charge in [0.2, 0.25) is 0 Å². The Morgan fingerprint density at radius 2 is 1.80 bits per heavy atom. The van der Waals surface area contributed by atoms with Gasteiger partial charge in [0.15, 0.2) is 13.6 Å². The lowest BCUT2D eigenvalue weighted by Gasteiger charge is -2.14. The zero-order chi connectivity index (χ0) is 14.5. The van der Waals surface area contributed by atoms with Crippen LogP contribution in [0.1, 0.15) is 0 Å². The molecule has 0 atom stereocenters. The van der Waals surface area contributed by atoms with Crippen molar-refractivity contribution in [2.24, 2.45) is 0 Å². The number of phenolic OH excluding ortho intramolecular Hbond substituents is 1. The quantitative estimate of drug-likeness (QED) is 0.816. The Bertz CT molecular complexity index is 600. The van der Waals surface area contributed by atoms with Gasteiger partial charge in [-0.15, -0.1) is 0 Å². The van der Waals surface area contributed by atoms with Gasteiger partial charge in [0.25, 0.3) is 0 Å². The van der Waals surface area contributed by atoms with Gasteiger partial charge in [0, 0.05) is 19.6 Å². The van der Waals surface area contributed by atoms with Gasteiger partial charge < -0.3 is 24.1 Å². The number of ether oxygens (including phenoxy) is 4. The van der Waals surface area contributed by atoms with E-state index in [2.05, 4.69) is 15.9 Å². The van der Waals surface area contributed by atoms with E-state index in [0.29, 0.717) is 21.4 Å². The minimum Gasteiger partial charge on any atom is -0.507 e. The Kier molecular flexibility index (Phi) is 5.05. The molecule has 1 N–H and O–H groups in total. The van der Waals surface area contributed by atoms with Crippen molar-refractivity contribution in [3.8, 4) is 17.2 Å². The number of phenols is 1. The number of fused-ring (bicyclic) bond motifs is 1. The molecule has 0 saturated carbocycles. The first-order valence-electron chi connectivity index (χ1n) is 5.86. The molecule has 2 aromatic rings. The Hall–Kier alpha value is -1.50. The number of aromatic hydroxyl groups is 1. The van der Waals surface area contributed by atoms with Gasteiger partial charge in [-0.25, -0.2) is 0 Å². The van der Waals surface area contributed by atoms with Crippen molar-refractivity contribution in [2.45, 2.75) is 0 Å². The van der Waals surface area contributed by atoms with Gasteiger partial charge >= 0.3 is 0 Å². The number of halogens is 1. The average Bonchev–Trinajstić information content (AvgIpc) is 2.44. The highest BCUT2D eigenvalue weighted by Gasteiger charge is 2.15. The summed E-state index contributed by atoms with van der Waals surface area (Å²) in [6.07, 6.45) is 0. The SMILES string of the molecule is COCOc1c(Br)cc(O)c2c(OCOC)cccc12. The molecular weight excluding hydrogens is 328 g/mol. The zero-order valence-corrected chi connectivity index (χ0v) is 12.8. The van der Waals surface area contributed by atoms with Gasteiger partial charge in [-0.05, 0) is 28.1 Å². The van der Waals surface area contributed by atoms with Crippen LogP contribution in [0.3, 0.4) is 0 Å². The highest BCUT2D eigenvalue weighted by Crippen LogP contribution is 2.43. The summed E-state index contributed by atoms with van der Waals surface area (Å²) in [5, 5.41) is 11.4. The molecule has 0 heterocycles. The van der Waals surface area contributed by atoms with Crippen molar-refractivity contribution in [1.82, 2.24) is 0 Å². The molecule has 0 aliphatic heterocycles. The topological polar surface area (TPSA) is 57.2 Å². The highest BCUT2D eigenvalue weighted by atomic mass is 79.9. The molecule has 6 heteroatoms. The second-order valence-electron chi connectivity index (χ2n) is 3.99. The molecule has 0 unspecified atom stereocenters. The van der Waals surface area contributed by atoms with Crippen molar-refractivity contribution in [1.29, 1.82) is 0 Å². The molecule has 20 heavy (non-hydrogen) atoms. The molecule has 0 aliphatic rings. The maximum absolute atomic E-state index is 10.1. The average molecular weight is 343 g/mol. The largest absolute Gasteiger partial charge is 0.507 e. The van der Waals surface area contributed by atoms with Crippen LogP contribution in [0.15, 0.2) is 28.7 Å². The predicted octanol–water partition coefficient (Wildman–Crippen LogP) is 3.27. The molecule has 108 valence electrons. The van der Waals surface area contributed by atoms with Crippen LogP contribution in [-0.2, 0) is 9.47 Å². The second kappa shape index (κ2) is 6.78. The van der Waals surface area contributed by atoms with Crippen LogP contribution in [0, 0.1) is 0 Å². The maximum Gasteiger partial charge on any atom is 0.188 e. The minimum absolute atomic E-state index is 0.100. The van der Waals surface area contributed by atoms with Crippen LogP contribution >= 0.6 is 15.9 Å². The predicted molar refractivity (Wildman–Crippen MR) is 78.3 cm³/mol. The van der Waals surface area contributed by atoms with E-state index >= 15 is 0 Å². The van der Waals surface area contributed by atoms with Gasteiger partial charge in [0.05, 0.1) is 9.86 Å². The first kappa shape index (κ1) is 14.9. The van der Waals surface area contributed by atoms with Crippen molar-refractivity contribution >= 4 is 26.7 Å². The van der Waals surface area contributed by atoms with Crippen LogP contribution in [0.4, 0.5) is 0 Å². The normalized spacial score (nSPS) is 10.8. The molecule has 0 fully saturated rings. The second-order valence-corrected chi connectivity index (χ2v) is 4.84. The molecule has 0 saturated heterocycles. The van der Waals surface area contributed by atoms with Crippen molar-refractivity contribution in [3.63, 3.8) is 0 Å². The summed E-state index contributed by atoms with van der Waals surface area (Å²) in [6, 6.07) is 6.98. The number of hydrogen-bond donors (Lipinski definition) is 1. The van der Waals surface area contributed by atoms with E-state index in [4.69, 9.17) is 18.9 Å². The lowest BCUT2D eigenvalue weighted by Crippen LogP contribution is -2.02. The van der Waals surface area contributed by atoms with Crippen molar-refractivity contribution in [2.75, 3.05) is 27.8 Å². The van der Waals surface area contributed by atoms with E-state index in [9.17, 15) is 5.11 Å². The fourth-order valence-corrected chi connectivity index (χ4v) is 2.42. The van der Waals surface area contributed by atoms with E-state index < -0.39 is 0 Å². The summed E-state index contributed by atoms with van der Waals surface area (Å²) >= 11 is 3.37. The van der Waals surface area contributed by atoms with E-state index in [-0.39, 0.29) is 19.3 Å². The molecule has 2 aromatic carbocycles. The van der Waals surface area contributed by atoms with Crippen LogP contribution in [-0.4, -0.2) is 32.9 Å². The molecule has 0 radical (unpaired) electrons. The number of hydrogen-bond acceptors (Lipinski definition) is 5. The third-order valence-electron chi connectivity index (χ3n) is 2.66. The lowest BCUT2D eigenvalue weighted by atomic mass is 10.1. The van der Waals surface area contributed by atoms with Crippen LogP contribution < -0.4 is 9.47 Å². The van der Waals surface area contributed by atoms with Gasteiger partial charge in [0.1, 0.15) is 17.2 Å². The van der Waals surface area contributed by atoms with E-state index in [0.717, 1.165) is 5.39 Å². The Morgan fingerprint density at radius 3 is 2.50 bits per heavy atom. The summed E-state index contributed by atoms with van der Waals surface area (Å²) in [4.78, 5) is 0. The zero-order valence-electron chi connectivity index (χ0n) is 11.2. The van der Waals surface area contributed by atoms with Crippen molar-refractivity contribution in [3.05, 3.63) is 28.7 Å². The third-order valence-corrected chi connectivity index (χ3v) is 3.25. The van der Waals surface area contributed by atoms with E-state index in [1.807, 2.05) is 12.1 Å². The fourth-order valence-electron chi connectivity index (χ4n) is 1.88. The Morgan fingerprint density at radius 1 is 1.10 bits per heavy atom. The van der Waals surface area contributed by atoms with Crippen LogP contribution in [0.25, 0.3) is 10.8 Å². The molecule has 0 spiro atoms. The van der Waals surface area contributed by atoms with Gasteiger partial charge in [-0.2, -0.15) is 0 Å². The molecule has 0 aliphatic carbocycles. The minimum atomic E-state index is 0.100. The summed E-state index contributed by atoms with van der Waals surface area (Å²) in [5.74, 6) is 1.21. The first-order chi connectivity index (χ1) is 9.69. The maximum atomic E-state index is 10.1. The molecule has 5 nitrogen and oxygen atoms in total. The van der Waals surface area contributed by atoms with Crippen molar-refractivity contribution < 1.29 is 24.1 Å². The monoisotopic (exact) mass is 342 g/mol. The molecule has 0 bridgehead atoms. The van der Waals surface area contributed by atoms with Gasteiger partial charge in [-0.3, -0.25) is 0 Å². The highest BCUT2D eigenvalue weighted by molar-refractivity contribution is 9.10. The Balaban J connectivity index is 2.57. The number of methoxy groups -OCH3 is 2. The number of rotatable bonds is 6. The third kappa shape index (κ3) is 2.98. The molecular formula is C14H15BrO5. The molecule has 0 amide bonds. The first-order valence-corrected chi connectivity index (χ1v) is 6.66. The molecule has 0 aromatic heterocycles. The van der Waals surface area contributed by atoms with Crippen LogP contribution in [0.5, 0.6) is 17.2 Å². The summed E-state index contributed by atoms with van der Waals surface area (Å²) in [5.41, 5.74) is 0. The van der Waals surface area contributed by atoms with E-state index in [1.165, 1.54) is 7.11 Å². The smallest absolute Gasteiger partial charge is 0.188 e. The molecule has 2 rings (SSSR count). The standard InChI is InChI=1S/C14H15BrO5/c1-17-7-19-12-5-3-4-9-13(12)11(16)6-10(15)14(9)20-8-18-2/h3-6,16H,7-8H2,1-2H3. The summed E-state index contributed by atoms with van der Waals surface area (Å²) in [7, 11) is 3.08. The van der Waals surface area contributed by atoms with Crippen LogP contribution in [0.2, 0.25) is 0 Å². The number of benzene rings is 2. The van der Waals surface area contributed by atoms with E-state index in [1.54, 1.807) is 19.2 Å². The fraction of sp³-hybridized carbons (Fsp3) is 0.286. The summed E-state index contributed by atoms with van der Waals surface area (Å²) < 4.78 is 21.5. The Labute approximate surface area is 125 Å². The van der Waals surface area contributed by atoms with Gasteiger partial charge in [-0.1, -0.05) is 12.1 Å². The lowest BCUT2D eigenvalue weighted by molar-refractivity contribution is 0.0507. The summed E-state index contributed by atoms with van der Waals surface area (Å²) in [6.45, 7) is 0.213.